The van der Waals surface area contributed by atoms with Crippen molar-refractivity contribution < 1.29 is 24.0 Å². The van der Waals surface area contributed by atoms with Crippen LogP contribution in [-0.2, 0) is 16.1 Å². The monoisotopic (exact) mass is 419 g/mol. The third kappa shape index (κ3) is 5.29. The molecular formula is C19H21N3O6S. The number of aromatic nitrogens is 1. The van der Waals surface area contributed by atoms with E-state index >= 15 is 0 Å². The summed E-state index contributed by atoms with van der Waals surface area (Å²) < 4.78 is 10.6. The minimum atomic E-state index is -0.477. The quantitative estimate of drug-likeness (QED) is 0.385. The molecule has 1 aliphatic heterocycles. The van der Waals surface area contributed by atoms with Gasteiger partial charge in [0, 0.05) is 30.6 Å². The second kappa shape index (κ2) is 9.46. The van der Waals surface area contributed by atoms with Crippen LogP contribution in [0.15, 0.2) is 29.6 Å². The number of carbonyl (C=O) groups is 2. The zero-order valence-electron chi connectivity index (χ0n) is 15.9. The molecule has 0 bridgehead atoms. The second-order valence-electron chi connectivity index (χ2n) is 6.51. The van der Waals surface area contributed by atoms with Gasteiger partial charge in [-0.15, -0.1) is 11.3 Å². The first-order valence-corrected chi connectivity index (χ1v) is 10.1. The highest BCUT2D eigenvalue weighted by Gasteiger charge is 2.30. The van der Waals surface area contributed by atoms with Gasteiger partial charge in [-0.3, -0.25) is 19.7 Å². The molecule has 1 atom stereocenters. The van der Waals surface area contributed by atoms with Crippen LogP contribution in [0.4, 0.5) is 5.69 Å². The number of likely N-dealkylation sites (tertiary alicyclic amines) is 1. The van der Waals surface area contributed by atoms with E-state index in [0.717, 1.165) is 6.42 Å². The third-order valence-electron chi connectivity index (χ3n) is 4.51. The first-order valence-electron chi connectivity index (χ1n) is 9.25. The highest BCUT2D eigenvalue weighted by molar-refractivity contribution is 7.09. The molecular weight excluding hydrogens is 398 g/mol. The predicted molar refractivity (Wildman–Crippen MR) is 105 cm³/mol. The molecule has 154 valence electrons. The van der Waals surface area contributed by atoms with E-state index in [-0.39, 0.29) is 30.1 Å². The number of nitro groups is 1. The summed E-state index contributed by atoms with van der Waals surface area (Å²) in [5.74, 6) is -0.291. The van der Waals surface area contributed by atoms with Crippen molar-refractivity contribution in [3.8, 4) is 5.75 Å². The lowest BCUT2D eigenvalue weighted by Gasteiger charge is -2.31. The average Bonchev–Trinajstić information content (AvgIpc) is 3.21. The second-order valence-corrected chi connectivity index (χ2v) is 7.45. The van der Waals surface area contributed by atoms with E-state index in [4.69, 9.17) is 9.47 Å². The van der Waals surface area contributed by atoms with Gasteiger partial charge < -0.3 is 14.4 Å². The molecule has 2 heterocycles. The van der Waals surface area contributed by atoms with Gasteiger partial charge in [0.25, 0.3) is 11.6 Å². The lowest BCUT2D eigenvalue weighted by molar-refractivity contribution is -0.384. The number of non-ortho nitro benzene ring substituents is 1. The van der Waals surface area contributed by atoms with Crippen LogP contribution in [0.3, 0.4) is 0 Å². The molecule has 1 fully saturated rings. The topological polar surface area (TPSA) is 112 Å². The Hall–Kier alpha value is -3.01. The molecule has 1 saturated heterocycles. The molecule has 2 aromatic rings. The van der Waals surface area contributed by atoms with E-state index in [0.29, 0.717) is 42.6 Å². The SMILES string of the molecule is CCOC(=O)C1CCCN(C(=O)c2csc(COc3ccc([N+](=O)[O-])cc3)n2)C1. The number of hydrogen-bond donors (Lipinski definition) is 0. The van der Waals surface area contributed by atoms with Gasteiger partial charge >= 0.3 is 5.97 Å². The molecule has 10 heteroatoms. The molecule has 1 aromatic carbocycles. The fourth-order valence-corrected chi connectivity index (χ4v) is 3.74. The van der Waals surface area contributed by atoms with Crippen LogP contribution in [0.25, 0.3) is 0 Å². The Bertz CT molecular complexity index is 882. The zero-order chi connectivity index (χ0) is 20.8. The van der Waals surface area contributed by atoms with Crippen LogP contribution in [0.2, 0.25) is 0 Å². The summed E-state index contributed by atoms with van der Waals surface area (Å²) in [5.41, 5.74) is 0.309. The number of benzene rings is 1. The molecule has 1 aromatic heterocycles. The van der Waals surface area contributed by atoms with Gasteiger partial charge in [0.1, 0.15) is 23.1 Å². The van der Waals surface area contributed by atoms with E-state index in [1.165, 1.54) is 35.6 Å². The van der Waals surface area contributed by atoms with Crippen molar-refractivity contribution in [2.45, 2.75) is 26.4 Å². The van der Waals surface area contributed by atoms with Crippen molar-refractivity contribution in [2.24, 2.45) is 5.92 Å². The van der Waals surface area contributed by atoms with E-state index in [1.807, 2.05) is 0 Å². The van der Waals surface area contributed by atoms with Crippen LogP contribution >= 0.6 is 11.3 Å². The van der Waals surface area contributed by atoms with Crippen LogP contribution in [0, 0.1) is 16.0 Å². The summed E-state index contributed by atoms with van der Waals surface area (Å²) >= 11 is 1.30. The normalized spacial score (nSPS) is 16.3. The number of piperidine rings is 1. The number of amides is 1. The number of esters is 1. The van der Waals surface area contributed by atoms with Crippen LogP contribution in [0.5, 0.6) is 5.75 Å². The summed E-state index contributed by atoms with van der Waals surface area (Å²) in [6.45, 7) is 3.17. The van der Waals surface area contributed by atoms with Gasteiger partial charge in [0.05, 0.1) is 17.4 Å². The van der Waals surface area contributed by atoms with Crippen molar-refractivity contribution in [3.05, 3.63) is 50.5 Å². The van der Waals surface area contributed by atoms with Gasteiger partial charge in [0.15, 0.2) is 0 Å². The van der Waals surface area contributed by atoms with Crippen molar-refractivity contribution in [3.63, 3.8) is 0 Å². The number of hydrogen-bond acceptors (Lipinski definition) is 8. The highest BCUT2D eigenvalue weighted by Crippen LogP contribution is 2.22. The molecule has 0 saturated carbocycles. The van der Waals surface area contributed by atoms with Crippen molar-refractivity contribution in [1.29, 1.82) is 0 Å². The standard InChI is InChI=1S/C19H21N3O6S/c1-2-27-19(24)13-4-3-9-21(10-13)18(23)16-12-29-17(20-16)11-28-15-7-5-14(6-8-15)22(25)26/h5-8,12-13H,2-4,9-11H2,1H3. The van der Waals surface area contributed by atoms with E-state index in [1.54, 1.807) is 17.2 Å². The Morgan fingerprint density at radius 3 is 2.79 bits per heavy atom. The molecule has 0 spiro atoms. The first-order chi connectivity index (χ1) is 14.0. The summed E-state index contributed by atoms with van der Waals surface area (Å²) in [6.07, 6.45) is 1.46. The van der Waals surface area contributed by atoms with Crippen LogP contribution < -0.4 is 4.74 Å². The summed E-state index contributed by atoms with van der Waals surface area (Å²) in [5, 5.41) is 13.0. The fraction of sp³-hybridized carbons (Fsp3) is 0.421. The zero-order valence-corrected chi connectivity index (χ0v) is 16.7. The van der Waals surface area contributed by atoms with Gasteiger partial charge in [-0.25, -0.2) is 4.98 Å². The number of ether oxygens (including phenoxy) is 2. The minimum Gasteiger partial charge on any atom is -0.486 e. The van der Waals surface area contributed by atoms with Gasteiger partial charge in [-0.05, 0) is 31.9 Å². The largest absolute Gasteiger partial charge is 0.486 e. The first kappa shape index (κ1) is 20.7. The average molecular weight is 419 g/mol. The molecule has 0 N–H and O–H groups in total. The third-order valence-corrected chi connectivity index (χ3v) is 5.33. The number of rotatable bonds is 7. The molecule has 1 aliphatic rings. The fourth-order valence-electron chi connectivity index (χ4n) is 3.06. The van der Waals surface area contributed by atoms with Crippen LogP contribution in [-0.4, -0.2) is 46.4 Å². The number of thiazole rings is 1. The Morgan fingerprint density at radius 2 is 2.10 bits per heavy atom. The van der Waals surface area contributed by atoms with Gasteiger partial charge in [0.2, 0.25) is 0 Å². The Labute approximate surface area is 171 Å². The van der Waals surface area contributed by atoms with E-state index < -0.39 is 4.92 Å². The van der Waals surface area contributed by atoms with Crippen molar-refractivity contribution >= 4 is 28.9 Å². The van der Waals surface area contributed by atoms with E-state index in [9.17, 15) is 19.7 Å². The molecule has 1 unspecified atom stereocenters. The van der Waals surface area contributed by atoms with Crippen molar-refractivity contribution in [1.82, 2.24) is 9.88 Å². The summed E-state index contributed by atoms with van der Waals surface area (Å²) in [7, 11) is 0. The Kier molecular flexibility index (Phi) is 6.76. The maximum atomic E-state index is 12.7. The molecule has 1 amide bonds. The Morgan fingerprint density at radius 1 is 1.34 bits per heavy atom. The number of carbonyl (C=O) groups excluding carboxylic acids is 2. The smallest absolute Gasteiger partial charge is 0.310 e. The van der Waals surface area contributed by atoms with Crippen molar-refractivity contribution in [2.75, 3.05) is 19.7 Å². The molecule has 29 heavy (non-hydrogen) atoms. The maximum absolute atomic E-state index is 12.7. The lowest BCUT2D eigenvalue weighted by Crippen LogP contribution is -2.43. The molecule has 3 rings (SSSR count). The Balaban J connectivity index is 1.56. The predicted octanol–water partition coefficient (Wildman–Crippen LogP) is 3.05. The highest BCUT2D eigenvalue weighted by atomic mass is 32.1. The summed E-state index contributed by atoms with van der Waals surface area (Å²) in [4.78, 5) is 40.9. The van der Waals surface area contributed by atoms with E-state index in [2.05, 4.69) is 4.98 Å². The minimum absolute atomic E-state index is 0.0119. The molecule has 0 aliphatic carbocycles. The lowest BCUT2D eigenvalue weighted by atomic mass is 9.98. The number of nitrogens with zero attached hydrogens (tertiary/aromatic N) is 3. The molecule has 0 radical (unpaired) electrons. The van der Waals surface area contributed by atoms with Gasteiger partial charge in [-0.1, -0.05) is 0 Å². The maximum Gasteiger partial charge on any atom is 0.310 e. The molecule has 9 nitrogen and oxygen atoms in total. The van der Waals surface area contributed by atoms with Crippen LogP contribution in [0.1, 0.15) is 35.3 Å². The number of nitro benzene ring substituents is 1. The summed E-state index contributed by atoms with van der Waals surface area (Å²) in [6, 6.07) is 5.76. The van der Waals surface area contributed by atoms with Gasteiger partial charge in [-0.2, -0.15) is 0 Å².